The first-order valence-corrected chi connectivity index (χ1v) is 6.42. The molecule has 1 saturated carbocycles. The van der Waals surface area contributed by atoms with Gasteiger partial charge in [-0.05, 0) is 43.4 Å². The molecule has 0 saturated heterocycles. The maximum atomic E-state index is 9.41. The highest BCUT2D eigenvalue weighted by Gasteiger charge is 2.18. The number of nitrogens with one attached hydrogen (secondary N) is 1. The third-order valence-electron chi connectivity index (χ3n) is 3.30. The Bertz CT molecular complexity index is 376. The number of hydrogen-bond acceptors (Lipinski definition) is 3. The largest absolute Gasteiger partial charge is 0.506 e. The van der Waals surface area contributed by atoms with Gasteiger partial charge in [-0.3, -0.25) is 0 Å². The van der Waals surface area contributed by atoms with Crippen LogP contribution >= 0.6 is 11.6 Å². The molecule has 1 aliphatic carbocycles. The molecule has 0 radical (unpaired) electrons. The maximum Gasteiger partial charge on any atom is 0.134 e. The highest BCUT2D eigenvalue weighted by Crippen LogP contribution is 2.24. The lowest BCUT2D eigenvalue weighted by molar-refractivity contribution is 0.116. The van der Waals surface area contributed by atoms with E-state index in [1.165, 1.54) is 0 Å². The predicted octanol–water partition coefficient (Wildman–Crippen LogP) is 2.44. The zero-order chi connectivity index (χ0) is 12.3. The molecule has 1 aromatic carbocycles. The smallest absolute Gasteiger partial charge is 0.134 e. The minimum Gasteiger partial charge on any atom is -0.506 e. The molecule has 0 amide bonds. The molecule has 0 aromatic heterocycles. The second-order valence-corrected chi connectivity index (χ2v) is 5.08. The molecule has 1 aromatic rings. The van der Waals surface area contributed by atoms with Crippen LogP contribution in [0.4, 0.5) is 0 Å². The van der Waals surface area contributed by atoms with Crippen molar-refractivity contribution in [2.75, 3.05) is 0 Å². The monoisotopic (exact) mass is 255 g/mol. The summed E-state index contributed by atoms with van der Waals surface area (Å²) in [5.41, 5.74) is 1.07. The van der Waals surface area contributed by atoms with Crippen molar-refractivity contribution in [1.29, 1.82) is 0 Å². The van der Waals surface area contributed by atoms with Gasteiger partial charge in [0.15, 0.2) is 0 Å². The van der Waals surface area contributed by atoms with E-state index in [-0.39, 0.29) is 11.9 Å². The third kappa shape index (κ3) is 3.60. The molecule has 1 fully saturated rings. The Morgan fingerprint density at radius 1 is 1.24 bits per heavy atom. The molecule has 3 N–H and O–H groups in total. The van der Waals surface area contributed by atoms with Crippen LogP contribution < -0.4 is 5.32 Å². The molecular weight excluding hydrogens is 238 g/mol. The van der Waals surface area contributed by atoms with Gasteiger partial charge < -0.3 is 15.5 Å². The molecule has 2 rings (SSSR count). The first kappa shape index (κ1) is 12.7. The highest BCUT2D eigenvalue weighted by molar-refractivity contribution is 6.32. The lowest BCUT2D eigenvalue weighted by Gasteiger charge is -2.26. The number of aliphatic hydroxyl groups excluding tert-OH is 1. The summed E-state index contributed by atoms with van der Waals surface area (Å²) in [6.45, 7) is 0.751. The number of benzene rings is 1. The molecule has 0 unspecified atom stereocenters. The zero-order valence-corrected chi connectivity index (χ0v) is 10.5. The second kappa shape index (κ2) is 5.71. The molecular formula is C13H18ClNO2. The summed E-state index contributed by atoms with van der Waals surface area (Å²) in [6, 6.07) is 5.74. The topological polar surface area (TPSA) is 52.5 Å². The van der Waals surface area contributed by atoms with E-state index in [4.69, 9.17) is 11.6 Å². The summed E-state index contributed by atoms with van der Waals surface area (Å²) < 4.78 is 0. The first-order valence-electron chi connectivity index (χ1n) is 6.04. The van der Waals surface area contributed by atoms with Crippen LogP contribution in [0.5, 0.6) is 5.75 Å². The van der Waals surface area contributed by atoms with Gasteiger partial charge in [-0.15, -0.1) is 0 Å². The number of phenolic OH excluding ortho intramolecular Hbond substituents is 1. The Labute approximate surface area is 106 Å². The van der Waals surface area contributed by atoms with Crippen LogP contribution in [0.1, 0.15) is 31.2 Å². The summed E-state index contributed by atoms with van der Waals surface area (Å²) in [4.78, 5) is 0. The van der Waals surface area contributed by atoms with Gasteiger partial charge >= 0.3 is 0 Å². The van der Waals surface area contributed by atoms with Gasteiger partial charge in [0, 0.05) is 12.6 Å². The summed E-state index contributed by atoms with van der Waals surface area (Å²) >= 11 is 5.84. The van der Waals surface area contributed by atoms with Crippen molar-refractivity contribution in [2.24, 2.45) is 0 Å². The van der Waals surface area contributed by atoms with Crippen molar-refractivity contribution in [2.45, 2.75) is 44.4 Å². The molecule has 94 valence electrons. The fourth-order valence-corrected chi connectivity index (χ4v) is 2.41. The standard InChI is InChI=1S/C13H18ClNO2/c14-12-7-9(1-6-13(12)17)8-15-10-2-4-11(16)5-3-10/h1,6-7,10-11,15-17H,2-5,8H2. The Kier molecular flexibility index (Phi) is 4.26. The molecule has 0 bridgehead atoms. The molecule has 4 heteroatoms. The molecule has 17 heavy (non-hydrogen) atoms. The van der Waals surface area contributed by atoms with Gasteiger partial charge in [0.1, 0.15) is 5.75 Å². The third-order valence-corrected chi connectivity index (χ3v) is 3.61. The van der Waals surface area contributed by atoms with Crippen molar-refractivity contribution >= 4 is 11.6 Å². The van der Waals surface area contributed by atoms with Gasteiger partial charge in [-0.1, -0.05) is 17.7 Å². The Morgan fingerprint density at radius 3 is 2.59 bits per heavy atom. The molecule has 0 aliphatic heterocycles. The number of aliphatic hydroxyl groups is 1. The van der Waals surface area contributed by atoms with Crippen LogP contribution in [0.3, 0.4) is 0 Å². The van der Waals surface area contributed by atoms with E-state index in [1.807, 2.05) is 6.07 Å². The maximum absolute atomic E-state index is 9.41. The van der Waals surface area contributed by atoms with Crippen LogP contribution in [0.25, 0.3) is 0 Å². The lowest BCUT2D eigenvalue weighted by Crippen LogP contribution is -2.34. The molecule has 0 spiro atoms. The summed E-state index contributed by atoms with van der Waals surface area (Å²) in [6.07, 6.45) is 3.69. The minimum atomic E-state index is -0.115. The molecule has 3 nitrogen and oxygen atoms in total. The highest BCUT2D eigenvalue weighted by atomic mass is 35.5. The fraction of sp³-hybridized carbons (Fsp3) is 0.538. The number of phenols is 1. The van der Waals surface area contributed by atoms with Crippen LogP contribution in [-0.2, 0) is 6.54 Å². The number of halogens is 1. The van der Waals surface area contributed by atoms with Crippen molar-refractivity contribution in [3.05, 3.63) is 28.8 Å². The SMILES string of the molecule is Oc1ccc(CNC2CCC(O)CC2)cc1Cl. The van der Waals surface area contributed by atoms with E-state index in [0.29, 0.717) is 11.1 Å². The van der Waals surface area contributed by atoms with Crippen molar-refractivity contribution < 1.29 is 10.2 Å². The van der Waals surface area contributed by atoms with E-state index in [9.17, 15) is 10.2 Å². The van der Waals surface area contributed by atoms with E-state index in [0.717, 1.165) is 37.8 Å². The van der Waals surface area contributed by atoms with Gasteiger partial charge in [0.25, 0.3) is 0 Å². The van der Waals surface area contributed by atoms with E-state index >= 15 is 0 Å². The van der Waals surface area contributed by atoms with Crippen LogP contribution in [0.15, 0.2) is 18.2 Å². The minimum absolute atomic E-state index is 0.115. The number of aromatic hydroxyl groups is 1. The average Bonchev–Trinajstić information content (AvgIpc) is 2.33. The molecule has 1 aliphatic rings. The van der Waals surface area contributed by atoms with Crippen LogP contribution in [0.2, 0.25) is 5.02 Å². The molecule has 0 heterocycles. The fourth-order valence-electron chi connectivity index (χ4n) is 2.20. The van der Waals surface area contributed by atoms with Crippen molar-refractivity contribution in [3.8, 4) is 5.75 Å². The normalized spacial score (nSPS) is 24.8. The Morgan fingerprint density at radius 2 is 1.94 bits per heavy atom. The predicted molar refractivity (Wildman–Crippen MR) is 68.2 cm³/mol. The van der Waals surface area contributed by atoms with E-state index in [2.05, 4.69) is 5.32 Å². The van der Waals surface area contributed by atoms with Crippen molar-refractivity contribution in [3.63, 3.8) is 0 Å². The van der Waals surface area contributed by atoms with Gasteiger partial charge in [-0.25, -0.2) is 0 Å². The number of rotatable bonds is 3. The molecule has 0 atom stereocenters. The van der Waals surface area contributed by atoms with Gasteiger partial charge in [0.2, 0.25) is 0 Å². The first-order chi connectivity index (χ1) is 8.15. The zero-order valence-electron chi connectivity index (χ0n) is 9.69. The van der Waals surface area contributed by atoms with E-state index in [1.54, 1.807) is 12.1 Å². The quantitative estimate of drug-likeness (QED) is 0.778. The average molecular weight is 256 g/mol. The van der Waals surface area contributed by atoms with Gasteiger partial charge in [-0.2, -0.15) is 0 Å². The van der Waals surface area contributed by atoms with Crippen molar-refractivity contribution in [1.82, 2.24) is 5.32 Å². The second-order valence-electron chi connectivity index (χ2n) is 4.67. The number of hydrogen-bond donors (Lipinski definition) is 3. The van der Waals surface area contributed by atoms with Gasteiger partial charge in [0.05, 0.1) is 11.1 Å². The summed E-state index contributed by atoms with van der Waals surface area (Å²) in [7, 11) is 0. The van der Waals surface area contributed by atoms with Crippen LogP contribution in [0, 0.1) is 0 Å². The Hall–Kier alpha value is -0.770. The summed E-state index contributed by atoms with van der Waals surface area (Å²) in [5.74, 6) is 0.121. The van der Waals surface area contributed by atoms with Crippen LogP contribution in [-0.4, -0.2) is 22.4 Å². The Balaban J connectivity index is 1.83. The lowest BCUT2D eigenvalue weighted by atomic mass is 9.93. The van der Waals surface area contributed by atoms with E-state index < -0.39 is 0 Å². The summed E-state index contributed by atoms with van der Waals surface area (Å²) in [5, 5.41) is 22.6.